The predicted molar refractivity (Wildman–Crippen MR) is 71.0 cm³/mol. The molecule has 0 saturated carbocycles. The number of rotatable bonds is 2. The lowest BCUT2D eigenvalue weighted by molar-refractivity contribution is -0.144. The first-order valence-corrected chi connectivity index (χ1v) is 7.32. The molecular formula is C15H21NO3. The number of aryl methyl sites for hydroxylation is 1. The maximum atomic E-state index is 11.5. The maximum absolute atomic E-state index is 11.5. The van der Waals surface area contributed by atoms with E-state index in [4.69, 9.17) is 4.42 Å². The first kappa shape index (κ1) is 12.7. The van der Waals surface area contributed by atoms with Crippen LogP contribution in [-0.2, 0) is 11.2 Å². The molecule has 2 unspecified atom stereocenters. The number of hydrogen-bond acceptors (Lipinski definition) is 3. The van der Waals surface area contributed by atoms with Gasteiger partial charge in [0.05, 0.1) is 6.26 Å². The van der Waals surface area contributed by atoms with Crippen LogP contribution in [0.2, 0.25) is 0 Å². The maximum Gasteiger partial charge on any atom is 0.320 e. The Hall–Kier alpha value is -1.29. The average Bonchev–Trinajstić information content (AvgIpc) is 2.74. The third kappa shape index (κ3) is 2.41. The number of carboxylic acid groups (broad SMARTS) is 1. The van der Waals surface area contributed by atoms with Crippen LogP contribution in [-0.4, -0.2) is 28.6 Å². The molecule has 1 aromatic heterocycles. The van der Waals surface area contributed by atoms with E-state index >= 15 is 0 Å². The summed E-state index contributed by atoms with van der Waals surface area (Å²) >= 11 is 0. The molecular weight excluding hydrogens is 242 g/mol. The molecule has 1 N–H and O–H groups in total. The quantitative estimate of drug-likeness (QED) is 0.891. The van der Waals surface area contributed by atoms with Crippen molar-refractivity contribution in [3.63, 3.8) is 0 Å². The average molecular weight is 263 g/mol. The van der Waals surface area contributed by atoms with Gasteiger partial charge in [-0.05, 0) is 38.3 Å². The predicted octanol–water partition coefficient (Wildman–Crippen LogP) is 2.99. The Morgan fingerprint density at radius 2 is 2.16 bits per heavy atom. The first-order valence-electron chi connectivity index (χ1n) is 7.32. The van der Waals surface area contributed by atoms with Crippen LogP contribution in [0.4, 0.5) is 0 Å². The smallest absolute Gasteiger partial charge is 0.320 e. The lowest BCUT2D eigenvalue weighted by Gasteiger charge is -2.36. The van der Waals surface area contributed by atoms with Crippen LogP contribution in [0.15, 0.2) is 16.7 Å². The van der Waals surface area contributed by atoms with Crippen molar-refractivity contribution in [1.82, 2.24) is 4.90 Å². The monoisotopic (exact) mass is 263 g/mol. The van der Waals surface area contributed by atoms with E-state index in [9.17, 15) is 9.90 Å². The van der Waals surface area contributed by atoms with Crippen molar-refractivity contribution >= 4 is 5.97 Å². The molecule has 0 spiro atoms. The zero-order valence-electron chi connectivity index (χ0n) is 11.2. The van der Waals surface area contributed by atoms with Gasteiger partial charge in [0.15, 0.2) is 0 Å². The Morgan fingerprint density at radius 1 is 1.26 bits per heavy atom. The number of fused-ring (bicyclic) bond motifs is 1. The van der Waals surface area contributed by atoms with Gasteiger partial charge in [-0.15, -0.1) is 0 Å². The number of carbonyl (C=O) groups is 1. The second kappa shape index (κ2) is 5.37. The fourth-order valence-corrected chi connectivity index (χ4v) is 3.58. The van der Waals surface area contributed by atoms with E-state index in [1.54, 1.807) is 6.26 Å². The Morgan fingerprint density at radius 3 is 3.00 bits per heavy atom. The SMILES string of the molecule is O=C(O)C1CCCCCN1C1CCCc2occc21. The number of aliphatic carboxylic acids is 1. The number of likely N-dealkylation sites (tertiary alicyclic amines) is 1. The van der Waals surface area contributed by atoms with Crippen LogP contribution in [0.25, 0.3) is 0 Å². The lowest BCUT2D eigenvalue weighted by atomic mass is 9.91. The standard InChI is InChI=1S/C15H21NO3/c17-15(18)13-5-2-1-3-9-16(13)12-6-4-7-14-11(12)8-10-19-14/h8,10,12-13H,1-7,9H2,(H,17,18). The molecule has 0 amide bonds. The zero-order valence-corrected chi connectivity index (χ0v) is 11.2. The number of nitrogens with zero attached hydrogens (tertiary/aromatic N) is 1. The molecule has 1 aliphatic heterocycles. The molecule has 0 radical (unpaired) electrons. The molecule has 0 aromatic carbocycles. The molecule has 1 fully saturated rings. The van der Waals surface area contributed by atoms with Gasteiger partial charge in [0, 0.05) is 18.0 Å². The van der Waals surface area contributed by atoms with E-state index < -0.39 is 5.97 Å². The summed E-state index contributed by atoms with van der Waals surface area (Å²) in [7, 11) is 0. The molecule has 1 saturated heterocycles. The normalized spacial score (nSPS) is 28.6. The molecule has 2 heterocycles. The molecule has 2 aliphatic rings. The van der Waals surface area contributed by atoms with Crippen LogP contribution >= 0.6 is 0 Å². The van der Waals surface area contributed by atoms with Crippen molar-refractivity contribution < 1.29 is 14.3 Å². The van der Waals surface area contributed by atoms with Crippen molar-refractivity contribution in [2.75, 3.05) is 6.54 Å². The summed E-state index contributed by atoms with van der Waals surface area (Å²) in [6, 6.07) is 1.94. The lowest BCUT2D eigenvalue weighted by Crippen LogP contribution is -2.43. The number of carboxylic acids is 1. The van der Waals surface area contributed by atoms with Crippen LogP contribution in [0.1, 0.15) is 55.9 Å². The van der Waals surface area contributed by atoms with Gasteiger partial charge in [0.1, 0.15) is 11.8 Å². The molecule has 2 atom stereocenters. The number of furan rings is 1. The van der Waals surface area contributed by atoms with Crippen LogP contribution in [0.5, 0.6) is 0 Å². The molecule has 19 heavy (non-hydrogen) atoms. The molecule has 1 aromatic rings. The first-order chi connectivity index (χ1) is 9.27. The van der Waals surface area contributed by atoms with Crippen molar-refractivity contribution in [3.8, 4) is 0 Å². The summed E-state index contributed by atoms with van der Waals surface area (Å²) < 4.78 is 5.53. The molecule has 1 aliphatic carbocycles. The Kier molecular flexibility index (Phi) is 3.60. The molecule has 104 valence electrons. The fourth-order valence-electron chi connectivity index (χ4n) is 3.58. The third-order valence-corrected chi connectivity index (χ3v) is 4.50. The highest BCUT2D eigenvalue weighted by Crippen LogP contribution is 2.37. The van der Waals surface area contributed by atoms with Gasteiger partial charge in [-0.25, -0.2) is 0 Å². The van der Waals surface area contributed by atoms with E-state index in [1.165, 1.54) is 5.56 Å². The largest absolute Gasteiger partial charge is 0.480 e. The molecule has 0 bridgehead atoms. The summed E-state index contributed by atoms with van der Waals surface area (Å²) in [6.07, 6.45) is 8.93. The highest BCUT2D eigenvalue weighted by atomic mass is 16.4. The zero-order chi connectivity index (χ0) is 13.2. The summed E-state index contributed by atoms with van der Waals surface area (Å²) in [5.41, 5.74) is 1.22. The Bertz CT molecular complexity index is 454. The minimum atomic E-state index is -0.669. The van der Waals surface area contributed by atoms with Gasteiger partial charge >= 0.3 is 5.97 Å². The van der Waals surface area contributed by atoms with E-state index in [0.717, 1.165) is 57.3 Å². The topological polar surface area (TPSA) is 53.7 Å². The highest BCUT2D eigenvalue weighted by Gasteiger charge is 2.35. The number of hydrogen-bond donors (Lipinski definition) is 1. The molecule has 4 nitrogen and oxygen atoms in total. The van der Waals surface area contributed by atoms with Gasteiger partial charge < -0.3 is 9.52 Å². The third-order valence-electron chi connectivity index (χ3n) is 4.50. The Balaban J connectivity index is 1.89. The molecule has 3 rings (SSSR count). The minimum Gasteiger partial charge on any atom is -0.480 e. The summed E-state index contributed by atoms with van der Waals surface area (Å²) in [4.78, 5) is 13.8. The second-order valence-electron chi connectivity index (χ2n) is 5.65. The van der Waals surface area contributed by atoms with Gasteiger partial charge in [-0.1, -0.05) is 12.8 Å². The van der Waals surface area contributed by atoms with E-state index in [0.29, 0.717) is 0 Å². The highest BCUT2D eigenvalue weighted by molar-refractivity contribution is 5.73. The Labute approximate surface area is 113 Å². The summed E-state index contributed by atoms with van der Waals surface area (Å²) in [6.45, 7) is 0.895. The molecule has 4 heteroatoms. The second-order valence-corrected chi connectivity index (χ2v) is 5.65. The minimum absolute atomic E-state index is 0.238. The van der Waals surface area contributed by atoms with E-state index in [1.807, 2.05) is 6.07 Å². The summed E-state index contributed by atoms with van der Waals surface area (Å²) in [5, 5.41) is 9.50. The van der Waals surface area contributed by atoms with Crippen LogP contribution < -0.4 is 0 Å². The van der Waals surface area contributed by atoms with Crippen molar-refractivity contribution in [1.29, 1.82) is 0 Å². The summed E-state index contributed by atoms with van der Waals surface area (Å²) in [5.74, 6) is 0.391. The fraction of sp³-hybridized carbons (Fsp3) is 0.667. The van der Waals surface area contributed by atoms with Gasteiger partial charge in [0.25, 0.3) is 0 Å². The van der Waals surface area contributed by atoms with E-state index in [-0.39, 0.29) is 12.1 Å². The van der Waals surface area contributed by atoms with Gasteiger partial charge in [0.2, 0.25) is 0 Å². The van der Waals surface area contributed by atoms with Crippen LogP contribution in [0.3, 0.4) is 0 Å². The van der Waals surface area contributed by atoms with Gasteiger partial charge in [-0.3, -0.25) is 9.69 Å². The van der Waals surface area contributed by atoms with Crippen molar-refractivity contribution in [2.45, 2.75) is 57.0 Å². The van der Waals surface area contributed by atoms with Crippen LogP contribution in [0, 0.1) is 0 Å². The van der Waals surface area contributed by atoms with E-state index in [2.05, 4.69) is 4.90 Å². The van der Waals surface area contributed by atoms with Crippen molar-refractivity contribution in [3.05, 3.63) is 23.7 Å². The van der Waals surface area contributed by atoms with Gasteiger partial charge in [-0.2, -0.15) is 0 Å². The van der Waals surface area contributed by atoms with Crippen molar-refractivity contribution in [2.24, 2.45) is 0 Å².